The van der Waals surface area contributed by atoms with Gasteiger partial charge in [0.15, 0.2) is 5.54 Å². The largest absolute Gasteiger partial charge is 0.460 e. The normalized spacial score (nSPS) is 23.4. The van der Waals surface area contributed by atoms with E-state index < -0.39 is 21.5 Å². The van der Waals surface area contributed by atoms with E-state index in [1.54, 1.807) is 36.4 Å². The first-order valence-electron chi connectivity index (χ1n) is 7.80. The molecule has 0 unspecified atom stereocenters. The number of alkyl halides is 1. The van der Waals surface area contributed by atoms with Gasteiger partial charge in [0.05, 0.1) is 4.90 Å². The molecule has 0 aliphatic carbocycles. The van der Waals surface area contributed by atoms with E-state index in [4.69, 9.17) is 4.74 Å². The molecule has 0 radical (unpaired) electrons. The summed E-state index contributed by atoms with van der Waals surface area (Å²) in [6.45, 7) is 1.88. The van der Waals surface area contributed by atoms with Gasteiger partial charge in [-0.25, -0.2) is 13.2 Å². The van der Waals surface area contributed by atoms with E-state index in [1.165, 1.54) is 12.1 Å². The van der Waals surface area contributed by atoms with Crippen molar-refractivity contribution in [1.29, 1.82) is 0 Å². The predicted molar refractivity (Wildman–Crippen MR) is 103 cm³/mol. The highest BCUT2D eigenvalue weighted by Crippen LogP contribution is 2.37. The third-order valence-electron chi connectivity index (χ3n) is 4.23. The lowest BCUT2D eigenvalue weighted by Gasteiger charge is -2.26. The van der Waals surface area contributed by atoms with Crippen LogP contribution in [0.4, 0.5) is 0 Å². The fourth-order valence-corrected chi connectivity index (χ4v) is 4.76. The standard InChI is InChI=1S/C18H18INO4S/c1-13-7-9-16(10-8-13)25(22,23)20-18(14-5-3-2-4-6-14)11-15(12-19)24-17(18)21/h2-10,15,20H,11-12H2,1H3/t15-,18+/m1/s1. The van der Waals surface area contributed by atoms with Crippen molar-refractivity contribution in [3.8, 4) is 0 Å². The van der Waals surface area contributed by atoms with Crippen molar-refractivity contribution >= 4 is 38.6 Å². The monoisotopic (exact) mass is 471 g/mol. The van der Waals surface area contributed by atoms with Crippen LogP contribution in [0.2, 0.25) is 0 Å². The molecule has 0 amide bonds. The number of benzene rings is 2. The van der Waals surface area contributed by atoms with Crippen molar-refractivity contribution in [3.63, 3.8) is 0 Å². The second-order valence-corrected chi connectivity index (χ2v) is 8.64. The number of cyclic esters (lactones) is 1. The Labute approximate surface area is 161 Å². The summed E-state index contributed by atoms with van der Waals surface area (Å²) < 4.78 is 34.4. The first kappa shape index (κ1) is 18.3. The number of esters is 1. The Bertz CT molecular complexity index is 868. The number of halogens is 1. The predicted octanol–water partition coefficient (Wildman–Crippen LogP) is 2.92. The van der Waals surface area contributed by atoms with Gasteiger partial charge in [-0.2, -0.15) is 4.72 Å². The number of nitrogens with one attached hydrogen (secondary N) is 1. The van der Waals surface area contributed by atoms with E-state index in [2.05, 4.69) is 27.3 Å². The second kappa shape index (κ2) is 7.05. The summed E-state index contributed by atoms with van der Waals surface area (Å²) in [5.74, 6) is -0.559. The molecule has 1 aliphatic rings. The van der Waals surface area contributed by atoms with Crippen LogP contribution in [0.25, 0.3) is 0 Å². The molecular weight excluding hydrogens is 453 g/mol. The molecule has 7 heteroatoms. The van der Waals surface area contributed by atoms with Crippen LogP contribution in [0.5, 0.6) is 0 Å². The van der Waals surface area contributed by atoms with Gasteiger partial charge in [0.25, 0.3) is 0 Å². The van der Waals surface area contributed by atoms with Gasteiger partial charge in [0.1, 0.15) is 6.10 Å². The maximum atomic E-state index is 12.9. The van der Waals surface area contributed by atoms with Gasteiger partial charge in [-0.05, 0) is 24.6 Å². The fraction of sp³-hybridized carbons (Fsp3) is 0.278. The van der Waals surface area contributed by atoms with Gasteiger partial charge in [-0.1, -0.05) is 70.6 Å². The molecule has 0 bridgehead atoms. The lowest BCUT2D eigenvalue weighted by molar-refractivity contribution is -0.145. The maximum absolute atomic E-state index is 12.9. The molecule has 0 aromatic heterocycles. The number of sulfonamides is 1. The van der Waals surface area contributed by atoms with E-state index in [0.29, 0.717) is 9.99 Å². The molecule has 1 saturated heterocycles. The van der Waals surface area contributed by atoms with Crippen LogP contribution < -0.4 is 4.72 Å². The van der Waals surface area contributed by atoms with Crippen LogP contribution in [0.3, 0.4) is 0 Å². The Morgan fingerprint density at radius 3 is 2.36 bits per heavy atom. The second-order valence-electron chi connectivity index (χ2n) is 6.08. The Kier molecular flexibility index (Phi) is 5.17. The minimum absolute atomic E-state index is 0.124. The third-order valence-corrected chi connectivity index (χ3v) is 6.73. The van der Waals surface area contributed by atoms with E-state index in [0.717, 1.165) is 5.56 Å². The summed E-state index contributed by atoms with van der Waals surface area (Å²) >= 11 is 2.13. The molecule has 5 nitrogen and oxygen atoms in total. The highest BCUT2D eigenvalue weighted by Gasteiger charge is 2.52. The highest BCUT2D eigenvalue weighted by atomic mass is 127. The van der Waals surface area contributed by atoms with Gasteiger partial charge in [-0.3, -0.25) is 0 Å². The Morgan fingerprint density at radius 2 is 1.80 bits per heavy atom. The SMILES string of the molecule is Cc1ccc(S(=O)(=O)N[C@]2(c3ccccc3)C[C@H](CI)OC2=O)cc1. The molecule has 1 aliphatic heterocycles. The molecule has 1 N–H and O–H groups in total. The van der Waals surface area contributed by atoms with Crippen LogP contribution in [-0.4, -0.2) is 24.9 Å². The van der Waals surface area contributed by atoms with Gasteiger partial charge >= 0.3 is 5.97 Å². The zero-order chi connectivity index (χ0) is 18.1. The maximum Gasteiger partial charge on any atom is 0.332 e. The van der Waals surface area contributed by atoms with Crippen LogP contribution in [0.15, 0.2) is 59.5 Å². The number of aryl methyl sites for hydroxylation is 1. The lowest BCUT2D eigenvalue weighted by Crippen LogP contribution is -2.49. The number of carbonyl (C=O) groups excluding carboxylic acids is 1. The molecule has 3 rings (SSSR count). The van der Waals surface area contributed by atoms with E-state index in [9.17, 15) is 13.2 Å². The lowest BCUT2D eigenvalue weighted by atomic mass is 9.88. The molecule has 1 fully saturated rings. The first-order chi connectivity index (χ1) is 11.9. The summed E-state index contributed by atoms with van der Waals surface area (Å²) in [6.07, 6.45) is -0.0572. The molecule has 0 saturated carbocycles. The molecule has 132 valence electrons. The highest BCUT2D eigenvalue weighted by molar-refractivity contribution is 14.1. The molecule has 0 spiro atoms. The zero-order valence-corrected chi connectivity index (χ0v) is 16.6. The van der Waals surface area contributed by atoms with Gasteiger partial charge in [0.2, 0.25) is 10.0 Å². The number of ether oxygens (including phenoxy) is 1. The number of hydrogen-bond acceptors (Lipinski definition) is 4. The minimum atomic E-state index is -3.88. The van der Waals surface area contributed by atoms with Crippen molar-refractivity contribution in [3.05, 3.63) is 65.7 Å². The van der Waals surface area contributed by atoms with Crippen LogP contribution in [-0.2, 0) is 25.1 Å². The summed E-state index contributed by atoms with van der Waals surface area (Å²) in [4.78, 5) is 12.8. The van der Waals surface area contributed by atoms with Crippen LogP contribution in [0, 0.1) is 6.92 Å². The molecule has 25 heavy (non-hydrogen) atoms. The quantitative estimate of drug-likeness (QED) is 0.414. The average molecular weight is 471 g/mol. The van der Waals surface area contributed by atoms with Gasteiger partial charge < -0.3 is 4.74 Å². The summed E-state index contributed by atoms with van der Waals surface area (Å²) in [5, 5.41) is 0. The first-order valence-corrected chi connectivity index (χ1v) is 10.8. The minimum Gasteiger partial charge on any atom is -0.460 e. The van der Waals surface area contributed by atoms with Gasteiger partial charge in [0, 0.05) is 10.8 Å². The van der Waals surface area contributed by atoms with Crippen LogP contribution in [0.1, 0.15) is 17.5 Å². The van der Waals surface area contributed by atoms with E-state index in [1.807, 2.05) is 13.0 Å². The number of carbonyl (C=O) groups is 1. The van der Waals surface area contributed by atoms with E-state index in [-0.39, 0.29) is 17.4 Å². The molecule has 1 heterocycles. The van der Waals surface area contributed by atoms with Gasteiger partial charge in [-0.15, -0.1) is 0 Å². The zero-order valence-electron chi connectivity index (χ0n) is 13.6. The Hall–Kier alpha value is -1.45. The Morgan fingerprint density at radius 1 is 1.16 bits per heavy atom. The summed E-state index contributed by atoms with van der Waals surface area (Å²) in [6, 6.07) is 15.4. The van der Waals surface area contributed by atoms with Crippen molar-refractivity contribution in [2.24, 2.45) is 0 Å². The number of hydrogen-bond donors (Lipinski definition) is 1. The molecule has 2 atom stereocenters. The Balaban J connectivity index is 2.05. The fourth-order valence-electron chi connectivity index (χ4n) is 2.91. The van der Waals surface area contributed by atoms with Crippen molar-refractivity contribution < 1.29 is 17.9 Å². The summed E-state index contributed by atoms with van der Waals surface area (Å²) in [5.41, 5.74) is 0.144. The smallest absolute Gasteiger partial charge is 0.332 e. The number of rotatable bonds is 5. The molecule has 2 aromatic rings. The van der Waals surface area contributed by atoms with E-state index >= 15 is 0 Å². The van der Waals surface area contributed by atoms with Crippen LogP contribution >= 0.6 is 22.6 Å². The van der Waals surface area contributed by atoms with Crippen molar-refractivity contribution in [2.45, 2.75) is 29.9 Å². The average Bonchev–Trinajstić information content (AvgIpc) is 2.92. The third kappa shape index (κ3) is 3.58. The topological polar surface area (TPSA) is 72.5 Å². The molecule has 2 aromatic carbocycles. The summed E-state index contributed by atoms with van der Waals surface area (Å²) in [7, 11) is -3.88. The van der Waals surface area contributed by atoms with Crippen molar-refractivity contribution in [2.75, 3.05) is 4.43 Å². The van der Waals surface area contributed by atoms with Crippen molar-refractivity contribution in [1.82, 2.24) is 4.72 Å². The molecular formula is C18H18INO4S.